The molecule has 3 rings (SSSR count). The second-order valence-electron chi connectivity index (χ2n) is 9.78. The Labute approximate surface area is 229 Å². The van der Waals surface area contributed by atoms with Gasteiger partial charge in [0.2, 0.25) is 6.29 Å². The number of aliphatic hydroxyl groups excluding tert-OH is 1. The fourth-order valence-corrected chi connectivity index (χ4v) is 4.08. The summed E-state index contributed by atoms with van der Waals surface area (Å²) in [4.78, 5) is 38.7. The number of amides is 3. The van der Waals surface area contributed by atoms with E-state index >= 15 is 0 Å². The van der Waals surface area contributed by atoms with Crippen molar-refractivity contribution >= 4 is 18.4 Å². The highest BCUT2D eigenvalue weighted by molar-refractivity contribution is 5.78. The first-order valence-electron chi connectivity index (χ1n) is 13.0. The Morgan fingerprint density at radius 3 is 2.23 bits per heavy atom. The van der Waals surface area contributed by atoms with E-state index in [9.17, 15) is 19.5 Å². The van der Waals surface area contributed by atoms with Crippen molar-refractivity contribution in [1.82, 2.24) is 15.5 Å². The molecule has 1 radical (unpaired) electrons. The highest BCUT2D eigenvalue weighted by Crippen LogP contribution is 2.13. The number of alkyl carbamates (subject to hydrolysis) is 1. The normalized spacial score (nSPS) is 13.2. The summed E-state index contributed by atoms with van der Waals surface area (Å²) in [6.07, 6.45) is 2.24. The number of benzene rings is 2. The van der Waals surface area contributed by atoms with Gasteiger partial charge in [-0.2, -0.15) is 0 Å². The molecule has 0 fully saturated rings. The summed E-state index contributed by atoms with van der Waals surface area (Å²) >= 11 is 0. The second kappa shape index (κ2) is 15.3. The zero-order chi connectivity index (χ0) is 28.0. The van der Waals surface area contributed by atoms with E-state index in [0.717, 1.165) is 11.1 Å². The number of rotatable bonds is 14. The average Bonchev–Trinajstić information content (AvgIpc) is 3.45. The van der Waals surface area contributed by atoms with Crippen LogP contribution in [-0.2, 0) is 29.1 Å². The van der Waals surface area contributed by atoms with Crippen LogP contribution in [0.15, 0.2) is 83.5 Å². The molecule has 1 aromatic heterocycles. The molecule has 1 heterocycles. The maximum absolute atomic E-state index is 13.2. The van der Waals surface area contributed by atoms with E-state index in [1.165, 1.54) is 11.2 Å². The van der Waals surface area contributed by atoms with Gasteiger partial charge in [0.1, 0.15) is 12.4 Å². The smallest absolute Gasteiger partial charge is 0.407 e. The van der Waals surface area contributed by atoms with Crippen LogP contribution >= 0.6 is 0 Å². The summed E-state index contributed by atoms with van der Waals surface area (Å²) in [7, 11) is 0. The molecule has 0 saturated heterocycles. The Balaban J connectivity index is 1.73. The molecular formula is C30H36N3O6. The molecule has 2 aromatic carbocycles. The van der Waals surface area contributed by atoms with Gasteiger partial charge in [0.05, 0.1) is 37.5 Å². The lowest BCUT2D eigenvalue weighted by Crippen LogP contribution is -2.53. The topological polar surface area (TPSA) is 121 Å². The van der Waals surface area contributed by atoms with Gasteiger partial charge >= 0.3 is 12.1 Å². The van der Waals surface area contributed by atoms with Gasteiger partial charge in [-0.3, -0.25) is 4.79 Å². The third-order valence-electron chi connectivity index (χ3n) is 6.05. The van der Waals surface area contributed by atoms with Crippen LogP contribution in [0.1, 0.15) is 37.2 Å². The zero-order valence-electron chi connectivity index (χ0n) is 22.3. The van der Waals surface area contributed by atoms with E-state index in [0.29, 0.717) is 18.6 Å². The van der Waals surface area contributed by atoms with Crippen molar-refractivity contribution in [3.63, 3.8) is 0 Å². The van der Waals surface area contributed by atoms with Gasteiger partial charge < -0.3 is 29.8 Å². The molecule has 0 spiro atoms. The van der Waals surface area contributed by atoms with Crippen molar-refractivity contribution in [2.75, 3.05) is 6.54 Å². The summed E-state index contributed by atoms with van der Waals surface area (Å²) in [5.41, 5.74) is 1.72. The molecule has 2 unspecified atom stereocenters. The van der Waals surface area contributed by atoms with E-state index in [1.807, 2.05) is 80.8 Å². The van der Waals surface area contributed by atoms with E-state index in [1.54, 1.807) is 12.1 Å². The van der Waals surface area contributed by atoms with Gasteiger partial charge in [-0.25, -0.2) is 9.59 Å². The fourth-order valence-electron chi connectivity index (χ4n) is 4.08. The zero-order valence-corrected chi connectivity index (χ0v) is 22.3. The number of nitrogens with one attached hydrogen (secondary N) is 2. The van der Waals surface area contributed by atoms with Crippen molar-refractivity contribution in [3.8, 4) is 0 Å². The first-order chi connectivity index (χ1) is 18.8. The highest BCUT2D eigenvalue weighted by atomic mass is 16.5. The molecule has 0 aliphatic rings. The van der Waals surface area contributed by atoms with E-state index < -0.39 is 30.3 Å². The van der Waals surface area contributed by atoms with Crippen LogP contribution in [0.25, 0.3) is 0 Å². The van der Waals surface area contributed by atoms with Crippen molar-refractivity contribution < 1.29 is 28.6 Å². The third-order valence-corrected chi connectivity index (χ3v) is 6.05. The predicted molar refractivity (Wildman–Crippen MR) is 146 cm³/mol. The lowest BCUT2D eigenvalue weighted by atomic mass is 10.0. The number of carbonyl (C=O) groups excluding carboxylic acids is 3. The van der Waals surface area contributed by atoms with Gasteiger partial charge in [0.15, 0.2) is 0 Å². The standard InChI is InChI=1S/C30H36N3O6/c1-22(2)16-25(20-34)31-29(36)33(18-26-14-9-15-38-26)19-28(35)27(17-23-10-5-3-6-11-23)32-30(37)39-21-24-12-7-4-8-13-24/h3-15,22,25,27-28,35H,16-19,21H2,1-2H3,(H,31,36)(H,32,37)/t25-,27?,28?/m0/s1. The molecule has 3 amide bonds. The molecule has 3 N–H and O–H groups in total. The number of urea groups is 1. The fraction of sp³-hybridized carbons (Fsp3) is 0.367. The Bertz CT molecular complexity index is 1140. The van der Waals surface area contributed by atoms with Crippen LogP contribution < -0.4 is 10.6 Å². The summed E-state index contributed by atoms with van der Waals surface area (Å²) in [5.74, 6) is 0.671. The molecule has 207 valence electrons. The van der Waals surface area contributed by atoms with Crippen LogP contribution in [-0.4, -0.2) is 53.1 Å². The number of furan rings is 1. The number of hydrogen-bond acceptors (Lipinski definition) is 6. The maximum Gasteiger partial charge on any atom is 0.407 e. The Morgan fingerprint density at radius 2 is 1.64 bits per heavy atom. The molecule has 3 atom stereocenters. The maximum atomic E-state index is 13.2. The van der Waals surface area contributed by atoms with Crippen molar-refractivity contribution in [3.05, 3.63) is 95.9 Å². The number of aliphatic hydroxyl groups is 1. The summed E-state index contributed by atoms with van der Waals surface area (Å²) in [6.45, 7) is 3.87. The van der Waals surface area contributed by atoms with Crippen molar-refractivity contribution in [2.45, 2.75) is 58.0 Å². The van der Waals surface area contributed by atoms with Gasteiger partial charge in [-0.15, -0.1) is 0 Å². The van der Waals surface area contributed by atoms with Crippen LogP contribution in [0, 0.1) is 5.92 Å². The van der Waals surface area contributed by atoms with Crippen LogP contribution in [0.5, 0.6) is 0 Å². The molecular weight excluding hydrogens is 498 g/mol. The van der Waals surface area contributed by atoms with E-state index in [-0.39, 0.29) is 25.6 Å². The van der Waals surface area contributed by atoms with Crippen LogP contribution in [0.2, 0.25) is 0 Å². The Morgan fingerprint density at radius 1 is 0.974 bits per heavy atom. The molecule has 0 saturated carbocycles. The number of hydrogen-bond donors (Lipinski definition) is 3. The largest absolute Gasteiger partial charge is 0.467 e. The van der Waals surface area contributed by atoms with Gasteiger partial charge in [-0.1, -0.05) is 74.5 Å². The average molecular weight is 535 g/mol. The third kappa shape index (κ3) is 10.3. The minimum absolute atomic E-state index is 0.0552. The molecule has 0 bridgehead atoms. The van der Waals surface area contributed by atoms with Crippen LogP contribution in [0.3, 0.4) is 0 Å². The van der Waals surface area contributed by atoms with Crippen molar-refractivity contribution in [1.29, 1.82) is 0 Å². The van der Waals surface area contributed by atoms with E-state index in [2.05, 4.69) is 10.6 Å². The molecule has 0 aliphatic heterocycles. The minimum Gasteiger partial charge on any atom is -0.467 e. The van der Waals surface area contributed by atoms with Gasteiger partial charge in [-0.05, 0) is 42.0 Å². The summed E-state index contributed by atoms with van der Waals surface area (Å²) in [5, 5.41) is 16.7. The minimum atomic E-state index is -1.17. The lowest BCUT2D eigenvalue weighted by Gasteiger charge is -2.30. The summed E-state index contributed by atoms with van der Waals surface area (Å²) < 4.78 is 10.8. The summed E-state index contributed by atoms with van der Waals surface area (Å²) in [6, 6.07) is 20.0. The number of ether oxygens (including phenoxy) is 1. The van der Waals surface area contributed by atoms with E-state index in [4.69, 9.17) is 9.15 Å². The molecule has 3 aromatic rings. The molecule has 0 aliphatic carbocycles. The number of carbonyl (C=O) groups is 2. The van der Waals surface area contributed by atoms with Gasteiger partial charge in [0.25, 0.3) is 0 Å². The second-order valence-corrected chi connectivity index (χ2v) is 9.78. The first kappa shape index (κ1) is 29.4. The first-order valence-corrected chi connectivity index (χ1v) is 13.0. The number of nitrogens with zero attached hydrogens (tertiary/aromatic N) is 1. The van der Waals surface area contributed by atoms with Gasteiger partial charge in [0, 0.05) is 0 Å². The SMILES string of the molecule is CC(C)C[C@@H]([C]=O)NC(=O)N(Cc1ccco1)CC(O)C(Cc1ccccc1)NC(=O)OCc1ccccc1. The quantitative estimate of drug-likeness (QED) is 0.285. The predicted octanol–water partition coefficient (Wildman–Crippen LogP) is 4.21. The van der Waals surface area contributed by atoms with Crippen LogP contribution in [0.4, 0.5) is 9.59 Å². The molecule has 9 heteroatoms. The Kier molecular flexibility index (Phi) is 11.6. The highest BCUT2D eigenvalue weighted by Gasteiger charge is 2.28. The lowest BCUT2D eigenvalue weighted by molar-refractivity contribution is 0.0751. The molecule has 39 heavy (non-hydrogen) atoms. The monoisotopic (exact) mass is 534 g/mol. The molecule has 9 nitrogen and oxygen atoms in total. The van der Waals surface area contributed by atoms with Crippen molar-refractivity contribution in [2.24, 2.45) is 5.92 Å². The Hall–Kier alpha value is -4.11.